The molecule has 2 aromatic heterocycles. The molecule has 3 heterocycles. The zero-order valence-corrected chi connectivity index (χ0v) is 40.9. The van der Waals surface area contributed by atoms with E-state index in [9.17, 15) is 21.6 Å². The summed E-state index contributed by atoms with van der Waals surface area (Å²) in [6.45, 7) is 14.7. The highest BCUT2D eigenvalue weighted by Crippen LogP contribution is 2.38. The number of halogens is 5. The lowest BCUT2D eigenvalue weighted by atomic mass is 9.99. The summed E-state index contributed by atoms with van der Waals surface area (Å²) in [5.74, 6) is -0.995. The van der Waals surface area contributed by atoms with Crippen LogP contribution < -0.4 is 14.4 Å². The molecule has 0 amide bonds. The third-order valence-corrected chi connectivity index (χ3v) is 15.2. The maximum absolute atomic E-state index is 15.8. The molecule has 0 bridgehead atoms. The minimum absolute atomic E-state index is 0.0356. The van der Waals surface area contributed by atoms with Gasteiger partial charge < -0.3 is 29.0 Å². The van der Waals surface area contributed by atoms with Gasteiger partial charge in [-0.2, -0.15) is 18.3 Å². The first-order valence-corrected chi connectivity index (χ1v) is 30.7. The van der Waals surface area contributed by atoms with Gasteiger partial charge in [-0.3, -0.25) is 4.31 Å². The van der Waals surface area contributed by atoms with Gasteiger partial charge in [0.2, 0.25) is 10.0 Å². The molecule has 4 aromatic rings. The predicted molar refractivity (Wildman–Crippen MR) is 245 cm³/mol. The van der Waals surface area contributed by atoms with E-state index in [4.69, 9.17) is 33.8 Å². The number of pyridine rings is 1. The molecule has 1 atom stereocenters. The Labute approximate surface area is 372 Å². The van der Waals surface area contributed by atoms with Crippen LogP contribution in [0.15, 0.2) is 42.5 Å². The van der Waals surface area contributed by atoms with Crippen LogP contribution >= 0.6 is 22.6 Å². The number of hydrogen-bond donors (Lipinski definition) is 1. The Morgan fingerprint density at radius 2 is 1.69 bits per heavy atom. The molecule has 1 aliphatic rings. The van der Waals surface area contributed by atoms with Gasteiger partial charge >= 0.3 is 6.18 Å². The molecule has 61 heavy (non-hydrogen) atoms. The summed E-state index contributed by atoms with van der Waals surface area (Å²) in [6, 6.07) is 12.4. The molecule has 5 rings (SSSR count). The number of ether oxygens (including phenoxy) is 5. The summed E-state index contributed by atoms with van der Waals surface area (Å²) in [4.78, 5) is 4.82. The van der Waals surface area contributed by atoms with Gasteiger partial charge in [-0.15, -0.1) is 0 Å². The average Bonchev–Trinajstić information content (AvgIpc) is 3.48. The van der Waals surface area contributed by atoms with E-state index in [2.05, 4.69) is 67.2 Å². The fourth-order valence-corrected chi connectivity index (χ4v) is 9.80. The van der Waals surface area contributed by atoms with E-state index in [1.807, 2.05) is 0 Å². The summed E-state index contributed by atoms with van der Waals surface area (Å²) < 4.78 is 117. The van der Waals surface area contributed by atoms with Gasteiger partial charge in [0.15, 0.2) is 24.6 Å². The summed E-state index contributed by atoms with van der Waals surface area (Å²) in [7, 11) is -6.60. The smallest absolute Gasteiger partial charge is 0.393 e. The molecule has 1 N–H and O–H groups in total. The normalized spacial score (nSPS) is 15.4. The van der Waals surface area contributed by atoms with Gasteiger partial charge in [-0.1, -0.05) is 57.5 Å². The zero-order chi connectivity index (χ0) is 44.6. The van der Waals surface area contributed by atoms with Crippen molar-refractivity contribution in [3.05, 3.63) is 63.1 Å². The molecule has 0 spiro atoms. The number of rotatable bonds is 22. The third kappa shape index (κ3) is 15.1. The SMILES string of the molecule is C[Si](C)(C)CCOCOc1cc(CC(F)(F)F)c(-c2cc3c(c(I)nn3COCC[Si](C)(C)C)c(NCc3ccccc3N(CCOC3CCCCO3)S(C)(=O)=O)n2)cc1F. The van der Waals surface area contributed by atoms with Gasteiger partial charge in [-0.05, 0) is 89.3 Å². The van der Waals surface area contributed by atoms with Gasteiger partial charge in [0.05, 0.1) is 48.1 Å². The maximum Gasteiger partial charge on any atom is 0.393 e. The van der Waals surface area contributed by atoms with E-state index in [1.165, 1.54) is 4.31 Å². The Kier molecular flexibility index (Phi) is 17.1. The monoisotopic (exact) mass is 1020 g/mol. The molecular weight excluding hydrogens is 966 g/mol. The van der Waals surface area contributed by atoms with E-state index >= 15 is 4.39 Å². The van der Waals surface area contributed by atoms with E-state index < -0.39 is 50.9 Å². The number of para-hydroxylation sites is 1. The highest BCUT2D eigenvalue weighted by molar-refractivity contribution is 14.1. The van der Waals surface area contributed by atoms with Crippen molar-refractivity contribution in [3.63, 3.8) is 0 Å². The molecule has 1 aliphatic heterocycles. The van der Waals surface area contributed by atoms with Crippen molar-refractivity contribution in [1.82, 2.24) is 14.8 Å². The number of benzene rings is 2. The van der Waals surface area contributed by atoms with E-state index in [1.54, 1.807) is 35.0 Å². The Balaban J connectivity index is 1.52. The maximum atomic E-state index is 15.8. The second-order valence-corrected chi connectivity index (χ2v) is 31.8. The standard InChI is InChI=1S/C41H58F4IN5O7SSi2/c1-59(52,53)51(15-17-57-37-14-10-11-16-56-37)34-13-9-8-12-29(34)26-47-40-38-35(50(49-39(38)46)27-54-18-20-60(2,3)4)24-33(48-40)31-23-32(42)36(22-30(31)25-41(43,44)45)58-28-55-19-21-61(5,6)7/h8-9,12-13,22-24,37H,10-11,14-21,25-28H2,1-7H3,(H,47,48). The molecular formula is C41H58F4IN5O7SSi2. The third-order valence-electron chi connectivity index (χ3n) is 9.86. The van der Waals surface area contributed by atoms with Crippen molar-refractivity contribution in [2.45, 2.75) is 103 Å². The first-order valence-electron chi connectivity index (χ1n) is 20.4. The van der Waals surface area contributed by atoms with Crippen LogP contribution in [0.4, 0.5) is 29.1 Å². The average molecular weight is 1020 g/mol. The van der Waals surface area contributed by atoms with Crippen LogP contribution in [0.1, 0.15) is 30.4 Å². The van der Waals surface area contributed by atoms with E-state index in [-0.39, 0.29) is 61.6 Å². The quantitative estimate of drug-likeness (QED) is 0.0267. The number of sulfonamides is 1. The lowest BCUT2D eigenvalue weighted by molar-refractivity contribution is -0.160. The van der Waals surface area contributed by atoms with Crippen LogP contribution in [-0.4, -0.2) is 97.8 Å². The van der Waals surface area contributed by atoms with E-state index in [0.29, 0.717) is 45.7 Å². The van der Waals surface area contributed by atoms with Crippen LogP contribution in [0, 0.1) is 9.52 Å². The minimum Gasteiger partial charge on any atom is -0.464 e. The number of nitrogens with one attached hydrogen (secondary N) is 1. The molecule has 2 aromatic carbocycles. The summed E-state index contributed by atoms with van der Waals surface area (Å²) in [5, 5.41) is 8.60. The Bertz CT molecular complexity index is 2200. The van der Waals surface area contributed by atoms with Crippen molar-refractivity contribution in [1.29, 1.82) is 0 Å². The summed E-state index contributed by atoms with van der Waals surface area (Å²) in [5.41, 5.74) is 1.22. The molecule has 338 valence electrons. The molecule has 20 heteroatoms. The lowest BCUT2D eigenvalue weighted by Crippen LogP contribution is -2.35. The van der Waals surface area contributed by atoms with Crippen LogP contribution in [0.3, 0.4) is 0 Å². The van der Waals surface area contributed by atoms with Crippen LogP contribution in [0.5, 0.6) is 5.75 Å². The first kappa shape index (κ1) is 49.2. The number of aromatic nitrogens is 3. The fourth-order valence-electron chi connectivity index (χ4n) is 6.55. The number of hydrogen-bond acceptors (Lipinski definition) is 10. The highest BCUT2D eigenvalue weighted by atomic mass is 127. The molecule has 1 saturated heterocycles. The van der Waals surface area contributed by atoms with Gasteiger partial charge in [0.1, 0.15) is 16.2 Å². The Morgan fingerprint density at radius 1 is 0.984 bits per heavy atom. The minimum atomic E-state index is -4.64. The number of nitrogens with zero attached hydrogens (tertiary/aromatic N) is 4. The lowest BCUT2D eigenvalue weighted by Gasteiger charge is -2.27. The second kappa shape index (κ2) is 21.2. The summed E-state index contributed by atoms with van der Waals surface area (Å²) in [6.07, 6.45) is -2.64. The number of fused-ring (bicyclic) bond motifs is 1. The Morgan fingerprint density at radius 3 is 2.34 bits per heavy atom. The molecule has 1 unspecified atom stereocenters. The molecule has 0 aliphatic carbocycles. The number of anilines is 2. The van der Waals surface area contributed by atoms with Crippen LogP contribution in [0.25, 0.3) is 22.2 Å². The van der Waals surface area contributed by atoms with Crippen LogP contribution in [-0.2, 0) is 48.7 Å². The van der Waals surface area contributed by atoms with Crippen LogP contribution in [0.2, 0.25) is 51.4 Å². The Hall–Kier alpha value is -2.87. The van der Waals surface area contributed by atoms with E-state index in [0.717, 1.165) is 49.7 Å². The zero-order valence-electron chi connectivity index (χ0n) is 36.0. The van der Waals surface area contributed by atoms with Crippen molar-refractivity contribution in [2.24, 2.45) is 0 Å². The fraction of sp³-hybridized carbons (Fsp3) is 0.561. The van der Waals surface area contributed by atoms with Gasteiger partial charge in [0.25, 0.3) is 0 Å². The molecule has 12 nitrogen and oxygen atoms in total. The van der Waals surface area contributed by atoms with Crippen molar-refractivity contribution in [3.8, 4) is 17.0 Å². The molecule has 0 saturated carbocycles. The predicted octanol–water partition coefficient (Wildman–Crippen LogP) is 9.87. The largest absolute Gasteiger partial charge is 0.464 e. The van der Waals surface area contributed by atoms with Gasteiger partial charge in [-0.25, -0.2) is 22.5 Å². The molecule has 1 fully saturated rings. The number of alkyl halides is 3. The summed E-state index contributed by atoms with van der Waals surface area (Å²) >= 11 is 2.07. The van der Waals surface area contributed by atoms with Crippen molar-refractivity contribution in [2.75, 3.05) is 55.6 Å². The molecule has 0 radical (unpaired) electrons. The second-order valence-electron chi connectivity index (χ2n) is 17.6. The topological polar surface area (TPSA) is 126 Å². The van der Waals surface area contributed by atoms with Gasteiger partial charge in [0, 0.05) is 48.1 Å². The first-order chi connectivity index (χ1) is 28.6. The van der Waals surface area contributed by atoms with Crippen molar-refractivity contribution >= 4 is 71.2 Å². The highest BCUT2D eigenvalue weighted by Gasteiger charge is 2.31. The van der Waals surface area contributed by atoms with Crippen molar-refractivity contribution < 1.29 is 49.7 Å².